The number of fused-ring (bicyclic) bond motifs is 1. The number of nitrogens with two attached hydrogens (primary N) is 1. The second kappa shape index (κ2) is 4.24. The summed E-state index contributed by atoms with van der Waals surface area (Å²) in [6.45, 7) is 0. The predicted octanol–water partition coefficient (Wildman–Crippen LogP) is 1.51. The Bertz CT molecular complexity index is 356. The van der Waals surface area contributed by atoms with Crippen molar-refractivity contribution >= 4 is 17.7 Å². The fourth-order valence-corrected chi connectivity index (χ4v) is 3.15. The smallest absolute Gasteiger partial charge is 0.320 e. The van der Waals surface area contributed by atoms with Crippen LogP contribution in [0.25, 0.3) is 0 Å². The number of carboxylic acid groups (broad SMARTS) is 1. The quantitative estimate of drug-likeness (QED) is 0.815. The maximum absolute atomic E-state index is 10.6. The third-order valence-corrected chi connectivity index (χ3v) is 3.89. The summed E-state index contributed by atoms with van der Waals surface area (Å²) in [4.78, 5) is 11.9. The number of carboxylic acids is 1. The second-order valence-electron chi connectivity index (χ2n) is 3.73. The highest BCUT2D eigenvalue weighted by Gasteiger charge is 2.25. The molecule has 0 bridgehead atoms. The SMILES string of the molecule is N[C@@H](CC1Cc2ccccc2S1)C(=O)O. The van der Waals surface area contributed by atoms with E-state index in [1.807, 2.05) is 12.1 Å². The van der Waals surface area contributed by atoms with E-state index in [-0.39, 0.29) is 0 Å². The van der Waals surface area contributed by atoms with Gasteiger partial charge in [-0.05, 0) is 24.5 Å². The second-order valence-corrected chi connectivity index (χ2v) is 5.07. The van der Waals surface area contributed by atoms with Crippen molar-refractivity contribution in [1.82, 2.24) is 0 Å². The number of benzene rings is 1. The van der Waals surface area contributed by atoms with E-state index in [4.69, 9.17) is 10.8 Å². The van der Waals surface area contributed by atoms with Gasteiger partial charge in [0.15, 0.2) is 0 Å². The number of carbonyl (C=O) groups is 1. The minimum Gasteiger partial charge on any atom is -0.480 e. The van der Waals surface area contributed by atoms with Crippen molar-refractivity contribution in [3.8, 4) is 0 Å². The fourth-order valence-electron chi connectivity index (χ4n) is 1.77. The van der Waals surface area contributed by atoms with Crippen LogP contribution in [0.4, 0.5) is 0 Å². The van der Waals surface area contributed by atoms with Gasteiger partial charge in [-0.3, -0.25) is 4.79 Å². The molecule has 1 heterocycles. The lowest BCUT2D eigenvalue weighted by molar-refractivity contribution is -0.138. The lowest BCUT2D eigenvalue weighted by Crippen LogP contribution is -2.33. The summed E-state index contributed by atoms with van der Waals surface area (Å²) >= 11 is 1.74. The molecule has 2 atom stereocenters. The molecular weight excluding hydrogens is 210 g/mol. The zero-order valence-corrected chi connectivity index (χ0v) is 9.04. The van der Waals surface area contributed by atoms with Crippen molar-refractivity contribution in [2.24, 2.45) is 5.73 Å². The van der Waals surface area contributed by atoms with Crippen molar-refractivity contribution in [2.45, 2.75) is 29.0 Å². The zero-order chi connectivity index (χ0) is 10.8. The highest BCUT2D eigenvalue weighted by molar-refractivity contribution is 8.00. The lowest BCUT2D eigenvalue weighted by atomic mass is 10.1. The molecule has 3 nitrogen and oxygen atoms in total. The molecule has 0 aromatic heterocycles. The van der Waals surface area contributed by atoms with E-state index in [9.17, 15) is 4.79 Å². The van der Waals surface area contributed by atoms with Crippen molar-refractivity contribution in [1.29, 1.82) is 0 Å². The monoisotopic (exact) mass is 223 g/mol. The molecule has 1 aliphatic heterocycles. The van der Waals surface area contributed by atoms with Gasteiger partial charge < -0.3 is 10.8 Å². The highest BCUT2D eigenvalue weighted by atomic mass is 32.2. The van der Waals surface area contributed by atoms with E-state index in [2.05, 4.69) is 12.1 Å². The molecule has 1 aromatic carbocycles. The van der Waals surface area contributed by atoms with Crippen LogP contribution in [-0.2, 0) is 11.2 Å². The van der Waals surface area contributed by atoms with Crippen LogP contribution in [0.1, 0.15) is 12.0 Å². The number of hydrogen-bond donors (Lipinski definition) is 2. The van der Waals surface area contributed by atoms with E-state index in [1.54, 1.807) is 11.8 Å². The molecule has 0 saturated carbocycles. The molecule has 0 fully saturated rings. The molecule has 3 N–H and O–H groups in total. The Morgan fingerprint density at radius 2 is 2.33 bits per heavy atom. The first-order chi connectivity index (χ1) is 7.16. The van der Waals surface area contributed by atoms with Crippen LogP contribution >= 0.6 is 11.8 Å². The third kappa shape index (κ3) is 2.33. The Morgan fingerprint density at radius 3 is 3.00 bits per heavy atom. The van der Waals surface area contributed by atoms with E-state index in [0.29, 0.717) is 11.7 Å². The Labute approximate surface area is 92.7 Å². The minimum absolute atomic E-state index is 0.313. The molecule has 80 valence electrons. The van der Waals surface area contributed by atoms with Gasteiger partial charge in [0, 0.05) is 10.1 Å². The first-order valence-electron chi connectivity index (χ1n) is 4.90. The molecule has 0 amide bonds. The van der Waals surface area contributed by atoms with Crippen LogP contribution in [-0.4, -0.2) is 22.4 Å². The first kappa shape index (κ1) is 10.5. The normalized spacial score (nSPS) is 21.0. The van der Waals surface area contributed by atoms with Gasteiger partial charge in [0.25, 0.3) is 0 Å². The molecule has 0 aliphatic carbocycles. The summed E-state index contributed by atoms with van der Waals surface area (Å²) < 4.78 is 0. The maximum Gasteiger partial charge on any atom is 0.320 e. The Kier molecular flexibility index (Phi) is 2.98. The lowest BCUT2D eigenvalue weighted by Gasteiger charge is -2.11. The van der Waals surface area contributed by atoms with Gasteiger partial charge in [-0.2, -0.15) is 0 Å². The zero-order valence-electron chi connectivity index (χ0n) is 8.22. The van der Waals surface area contributed by atoms with Gasteiger partial charge in [-0.15, -0.1) is 11.8 Å². The van der Waals surface area contributed by atoms with E-state index >= 15 is 0 Å². The van der Waals surface area contributed by atoms with Crippen LogP contribution in [0.15, 0.2) is 29.2 Å². The Hall–Kier alpha value is -1.00. The average molecular weight is 223 g/mol. The molecule has 1 aromatic rings. The number of hydrogen-bond acceptors (Lipinski definition) is 3. The van der Waals surface area contributed by atoms with E-state index < -0.39 is 12.0 Å². The van der Waals surface area contributed by atoms with Crippen LogP contribution < -0.4 is 5.73 Å². The number of rotatable bonds is 3. The summed E-state index contributed by atoms with van der Waals surface area (Å²) in [5.74, 6) is -0.911. The average Bonchev–Trinajstić information content (AvgIpc) is 2.59. The largest absolute Gasteiger partial charge is 0.480 e. The number of thioether (sulfide) groups is 1. The van der Waals surface area contributed by atoms with Crippen molar-refractivity contribution < 1.29 is 9.90 Å². The maximum atomic E-state index is 10.6. The first-order valence-corrected chi connectivity index (χ1v) is 5.77. The van der Waals surface area contributed by atoms with Crippen LogP contribution in [0.5, 0.6) is 0 Å². The molecular formula is C11H13NO2S. The van der Waals surface area contributed by atoms with Gasteiger partial charge in [0.1, 0.15) is 6.04 Å². The van der Waals surface area contributed by atoms with Crippen molar-refractivity contribution in [3.05, 3.63) is 29.8 Å². The summed E-state index contributed by atoms with van der Waals surface area (Å²) in [7, 11) is 0. The van der Waals surface area contributed by atoms with Gasteiger partial charge in [0.05, 0.1) is 0 Å². The van der Waals surface area contributed by atoms with Crippen LogP contribution in [0.2, 0.25) is 0 Å². The minimum atomic E-state index is -0.911. The predicted molar refractivity (Wildman–Crippen MR) is 60.0 cm³/mol. The van der Waals surface area contributed by atoms with Crippen molar-refractivity contribution in [2.75, 3.05) is 0 Å². The molecule has 0 saturated heterocycles. The molecule has 0 radical (unpaired) electrons. The Balaban J connectivity index is 1.99. The molecule has 4 heteroatoms. The topological polar surface area (TPSA) is 63.3 Å². The van der Waals surface area contributed by atoms with Gasteiger partial charge in [-0.1, -0.05) is 18.2 Å². The summed E-state index contributed by atoms with van der Waals surface area (Å²) in [5.41, 5.74) is 6.83. The summed E-state index contributed by atoms with van der Waals surface area (Å²) in [6.07, 6.45) is 1.47. The van der Waals surface area contributed by atoms with E-state index in [1.165, 1.54) is 10.5 Å². The highest BCUT2D eigenvalue weighted by Crippen LogP contribution is 2.38. The molecule has 1 unspecified atom stereocenters. The van der Waals surface area contributed by atoms with Crippen LogP contribution in [0.3, 0.4) is 0 Å². The molecule has 2 rings (SSSR count). The Morgan fingerprint density at radius 1 is 1.60 bits per heavy atom. The summed E-state index contributed by atoms with van der Waals surface area (Å²) in [6, 6.07) is 7.45. The molecule has 1 aliphatic rings. The summed E-state index contributed by atoms with van der Waals surface area (Å²) in [5, 5.41) is 9.04. The van der Waals surface area contributed by atoms with Crippen molar-refractivity contribution in [3.63, 3.8) is 0 Å². The van der Waals surface area contributed by atoms with Gasteiger partial charge >= 0.3 is 5.97 Å². The number of aliphatic carboxylic acids is 1. The fraction of sp³-hybridized carbons (Fsp3) is 0.364. The van der Waals surface area contributed by atoms with Gasteiger partial charge in [0.2, 0.25) is 0 Å². The molecule has 15 heavy (non-hydrogen) atoms. The van der Waals surface area contributed by atoms with Crippen LogP contribution in [0, 0.1) is 0 Å². The molecule has 0 spiro atoms. The third-order valence-electron chi connectivity index (χ3n) is 2.55. The standard InChI is InChI=1S/C11H13NO2S/c12-9(11(13)14)6-8-5-7-3-1-2-4-10(7)15-8/h1-4,8-9H,5-6,12H2,(H,13,14)/t8?,9-/m0/s1. The van der Waals surface area contributed by atoms with Gasteiger partial charge in [-0.25, -0.2) is 0 Å². The van der Waals surface area contributed by atoms with E-state index in [0.717, 1.165) is 6.42 Å².